The zero-order chi connectivity index (χ0) is 21.4. The summed E-state index contributed by atoms with van der Waals surface area (Å²) >= 11 is 5.94. The molecule has 2 aromatic rings. The number of hydrogen-bond acceptors (Lipinski definition) is 4. The van der Waals surface area contributed by atoms with Crippen LogP contribution >= 0.6 is 11.6 Å². The summed E-state index contributed by atoms with van der Waals surface area (Å²) in [6.07, 6.45) is 4.35. The van der Waals surface area contributed by atoms with Gasteiger partial charge in [0.1, 0.15) is 0 Å². The Hall–Kier alpha value is -2.35. The van der Waals surface area contributed by atoms with Crippen LogP contribution in [0.25, 0.3) is 6.08 Å². The van der Waals surface area contributed by atoms with Crippen LogP contribution in [-0.4, -0.2) is 57.6 Å². The minimum Gasteiger partial charge on any atom is -0.334 e. The molecular weight excluding hydrogens is 410 g/mol. The molecule has 0 heterocycles. The summed E-state index contributed by atoms with van der Waals surface area (Å²) in [7, 11) is 0.616. The molecule has 0 aliphatic heterocycles. The second-order valence-electron chi connectivity index (χ2n) is 7.02. The highest BCUT2D eigenvalue weighted by Crippen LogP contribution is 2.14. The number of rotatable bonds is 9. The normalized spacial score (nSPS) is 11.8. The maximum atomic E-state index is 12.8. The molecule has 1 N–H and O–H groups in total. The van der Waals surface area contributed by atoms with E-state index in [9.17, 15) is 13.2 Å². The average Bonchev–Trinajstić information content (AvgIpc) is 2.64. The number of anilines is 1. The molecule has 6 nitrogen and oxygen atoms in total. The molecule has 8 heteroatoms. The van der Waals surface area contributed by atoms with Crippen LogP contribution in [0.2, 0.25) is 5.02 Å². The van der Waals surface area contributed by atoms with Gasteiger partial charge in [0.05, 0.1) is 6.26 Å². The second-order valence-corrected chi connectivity index (χ2v) is 9.20. The van der Waals surface area contributed by atoms with Crippen LogP contribution in [0.3, 0.4) is 0 Å². The van der Waals surface area contributed by atoms with Crippen molar-refractivity contribution in [2.75, 3.05) is 38.2 Å². The number of carbonyl (C=O) groups excluding carboxylic acids is 1. The Morgan fingerprint density at radius 3 is 2.21 bits per heavy atom. The van der Waals surface area contributed by atoms with Gasteiger partial charge in [-0.3, -0.25) is 9.52 Å². The number of halogens is 1. The predicted octanol–water partition coefficient (Wildman–Crippen LogP) is 3.32. The van der Waals surface area contributed by atoms with E-state index in [4.69, 9.17) is 11.6 Å². The van der Waals surface area contributed by atoms with Crippen molar-refractivity contribution in [3.8, 4) is 0 Å². The molecule has 1 amide bonds. The van der Waals surface area contributed by atoms with Crippen molar-refractivity contribution in [1.29, 1.82) is 0 Å². The van der Waals surface area contributed by atoms with E-state index in [1.54, 1.807) is 35.2 Å². The van der Waals surface area contributed by atoms with E-state index in [2.05, 4.69) is 4.72 Å². The molecular formula is C21H26ClN3O3S. The monoisotopic (exact) mass is 435 g/mol. The lowest BCUT2D eigenvalue weighted by Gasteiger charge is -2.23. The molecule has 0 fully saturated rings. The summed E-state index contributed by atoms with van der Waals surface area (Å²) in [5.74, 6) is -0.0971. The van der Waals surface area contributed by atoms with E-state index in [-0.39, 0.29) is 5.91 Å². The molecule has 29 heavy (non-hydrogen) atoms. The molecule has 0 saturated carbocycles. The fourth-order valence-electron chi connectivity index (χ4n) is 2.55. The van der Waals surface area contributed by atoms with Gasteiger partial charge in [-0.05, 0) is 55.6 Å². The maximum Gasteiger partial charge on any atom is 0.246 e. The SMILES string of the molecule is CN(C)CCN(Cc1ccc(Cl)cc1)C(=O)/C=C/c1ccc(NS(C)(=O)=O)cc1. The van der Waals surface area contributed by atoms with Crippen molar-refractivity contribution in [2.24, 2.45) is 0 Å². The number of nitrogens with zero attached hydrogens (tertiary/aromatic N) is 2. The summed E-state index contributed by atoms with van der Waals surface area (Å²) < 4.78 is 24.9. The van der Waals surface area contributed by atoms with E-state index in [0.717, 1.165) is 23.9 Å². The van der Waals surface area contributed by atoms with Crippen molar-refractivity contribution < 1.29 is 13.2 Å². The number of sulfonamides is 1. The second kappa shape index (κ2) is 10.4. The molecule has 156 valence electrons. The third-order valence-electron chi connectivity index (χ3n) is 4.05. The maximum absolute atomic E-state index is 12.8. The number of amides is 1. The van der Waals surface area contributed by atoms with Gasteiger partial charge in [0.15, 0.2) is 0 Å². The van der Waals surface area contributed by atoms with Crippen molar-refractivity contribution in [1.82, 2.24) is 9.80 Å². The Morgan fingerprint density at radius 1 is 1.03 bits per heavy atom. The number of carbonyl (C=O) groups is 1. The molecule has 2 aromatic carbocycles. The van der Waals surface area contributed by atoms with Crippen molar-refractivity contribution in [3.05, 3.63) is 70.8 Å². The average molecular weight is 436 g/mol. The van der Waals surface area contributed by atoms with Crippen LogP contribution in [0.4, 0.5) is 5.69 Å². The molecule has 0 aliphatic rings. The minimum atomic E-state index is -3.31. The summed E-state index contributed by atoms with van der Waals surface area (Å²) in [4.78, 5) is 16.6. The first-order valence-electron chi connectivity index (χ1n) is 9.06. The highest BCUT2D eigenvalue weighted by atomic mass is 35.5. The third-order valence-corrected chi connectivity index (χ3v) is 4.91. The van der Waals surface area contributed by atoms with Crippen LogP contribution in [-0.2, 0) is 21.4 Å². The lowest BCUT2D eigenvalue weighted by Crippen LogP contribution is -2.35. The molecule has 0 radical (unpaired) electrons. The van der Waals surface area contributed by atoms with Crippen molar-refractivity contribution in [2.45, 2.75) is 6.54 Å². The van der Waals surface area contributed by atoms with Gasteiger partial charge in [0.2, 0.25) is 15.9 Å². The molecule has 0 atom stereocenters. The number of benzene rings is 2. The van der Waals surface area contributed by atoms with Gasteiger partial charge in [-0.1, -0.05) is 35.9 Å². The Bertz CT molecular complexity index is 940. The zero-order valence-corrected chi connectivity index (χ0v) is 18.4. The molecule has 0 unspecified atom stereocenters. The first-order valence-corrected chi connectivity index (χ1v) is 11.3. The van der Waals surface area contributed by atoms with Gasteiger partial charge < -0.3 is 9.80 Å². The quantitative estimate of drug-likeness (QED) is 0.613. The largest absolute Gasteiger partial charge is 0.334 e. The van der Waals surface area contributed by atoms with Gasteiger partial charge in [0, 0.05) is 36.4 Å². The summed E-state index contributed by atoms with van der Waals surface area (Å²) in [6.45, 7) is 1.83. The van der Waals surface area contributed by atoms with Gasteiger partial charge in [-0.15, -0.1) is 0 Å². The highest BCUT2D eigenvalue weighted by molar-refractivity contribution is 7.92. The Morgan fingerprint density at radius 2 is 1.66 bits per heavy atom. The standard InChI is InChI=1S/C21H26ClN3O3S/c1-24(2)14-15-25(16-18-4-9-19(22)10-5-18)21(26)13-8-17-6-11-20(12-7-17)23-29(3,27)28/h4-13,23H,14-16H2,1-3H3/b13-8+. The Labute approximate surface area is 177 Å². The lowest BCUT2D eigenvalue weighted by molar-refractivity contribution is -0.126. The van der Waals surface area contributed by atoms with Gasteiger partial charge in [-0.2, -0.15) is 0 Å². The predicted molar refractivity (Wildman–Crippen MR) is 119 cm³/mol. The number of hydrogen-bond donors (Lipinski definition) is 1. The molecule has 0 aliphatic carbocycles. The third kappa shape index (κ3) is 8.68. The zero-order valence-electron chi connectivity index (χ0n) is 16.8. The van der Waals surface area contributed by atoms with E-state index in [1.165, 1.54) is 6.08 Å². The van der Waals surface area contributed by atoms with Gasteiger partial charge >= 0.3 is 0 Å². The van der Waals surface area contributed by atoms with Gasteiger partial charge in [-0.25, -0.2) is 8.42 Å². The molecule has 0 spiro atoms. The lowest BCUT2D eigenvalue weighted by atomic mass is 10.2. The summed E-state index contributed by atoms with van der Waals surface area (Å²) in [6, 6.07) is 14.3. The molecule has 2 rings (SSSR count). The smallest absolute Gasteiger partial charge is 0.246 e. The minimum absolute atomic E-state index is 0.0971. The summed E-state index contributed by atoms with van der Waals surface area (Å²) in [5, 5.41) is 0.661. The Kier molecular flexibility index (Phi) is 8.25. The topological polar surface area (TPSA) is 69.7 Å². The van der Waals surface area contributed by atoms with Gasteiger partial charge in [0.25, 0.3) is 0 Å². The van der Waals surface area contributed by atoms with Crippen LogP contribution in [0.5, 0.6) is 0 Å². The fraction of sp³-hybridized carbons (Fsp3) is 0.286. The first-order chi connectivity index (χ1) is 13.6. The molecule has 0 saturated heterocycles. The first kappa shape index (κ1) is 22.9. The number of nitrogens with one attached hydrogen (secondary N) is 1. The van der Waals surface area contributed by atoms with Crippen LogP contribution in [0, 0.1) is 0 Å². The van der Waals surface area contributed by atoms with Crippen LogP contribution in [0.15, 0.2) is 54.6 Å². The Balaban J connectivity index is 2.07. The molecule has 0 aromatic heterocycles. The van der Waals surface area contributed by atoms with Crippen molar-refractivity contribution in [3.63, 3.8) is 0 Å². The number of likely N-dealkylation sites (N-methyl/N-ethyl adjacent to an activating group) is 1. The van der Waals surface area contributed by atoms with E-state index in [0.29, 0.717) is 23.8 Å². The van der Waals surface area contributed by atoms with Crippen molar-refractivity contribution >= 4 is 39.3 Å². The fourth-order valence-corrected chi connectivity index (χ4v) is 3.24. The van der Waals surface area contributed by atoms with E-state index in [1.807, 2.05) is 43.3 Å². The highest BCUT2D eigenvalue weighted by Gasteiger charge is 2.12. The summed E-state index contributed by atoms with van der Waals surface area (Å²) in [5.41, 5.74) is 2.29. The van der Waals surface area contributed by atoms with Crippen LogP contribution in [0.1, 0.15) is 11.1 Å². The molecule has 0 bridgehead atoms. The van der Waals surface area contributed by atoms with E-state index >= 15 is 0 Å². The van der Waals surface area contributed by atoms with E-state index < -0.39 is 10.0 Å². The van der Waals surface area contributed by atoms with Crippen LogP contribution < -0.4 is 4.72 Å².